The summed E-state index contributed by atoms with van der Waals surface area (Å²) in [5, 5.41) is 4.79. The highest BCUT2D eigenvalue weighted by atomic mass is 15.1. The zero-order valence-electron chi connectivity index (χ0n) is 51.7. The molecule has 0 bridgehead atoms. The van der Waals surface area contributed by atoms with Gasteiger partial charge in [-0.2, -0.15) is 0 Å². The SMILES string of the molecule is CN1c2ccccc2C(c2ccccc2)(c2ccccc2)c2c(-c3cccc4c(-c5cccc6c5-c5ccccc5C65c6ccccc6-c6ccccc65)c5cccc(-c6cccc7c6C(c6ccccc6)(c6ccccc6)c6ccccc6N7C)c5cc34)cccc21. The fourth-order valence-electron chi connectivity index (χ4n) is 18.1. The van der Waals surface area contributed by atoms with E-state index in [-0.39, 0.29) is 0 Å². The third kappa shape index (κ3) is 7.02. The van der Waals surface area contributed by atoms with Gasteiger partial charge < -0.3 is 9.80 Å². The minimum absolute atomic E-state index is 0.529. The van der Waals surface area contributed by atoms with Crippen LogP contribution in [0.4, 0.5) is 22.7 Å². The molecule has 0 atom stereocenters. The smallest absolute Gasteiger partial charge is 0.0748 e. The lowest BCUT2D eigenvalue weighted by Crippen LogP contribution is -2.38. The minimum atomic E-state index is -0.708. The summed E-state index contributed by atoms with van der Waals surface area (Å²) in [6.45, 7) is 0. The number of para-hydroxylation sites is 2. The Bertz CT molecular complexity index is 5180. The molecule has 2 heteroatoms. The molecule has 1 spiro atoms. The van der Waals surface area contributed by atoms with Gasteiger partial charge in [-0.3, -0.25) is 0 Å². The molecule has 15 aromatic carbocycles. The van der Waals surface area contributed by atoms with Gasteiger partial charge >= 0.3 is 0 Å². The van der Waals surface area contributed by atoms with Crippen LogP contribution in [0, 0.1) is 0 Å². The number of benzene rings is 15. The highest BCUT2D eigenvalue weighted by Crippen LogP contribution is 2.66. The quantitative estimate of drug-likeness (QED) is 0.147. The van der Waals surface area contributed by atoms with Crippen molar-refractivity contribution in [2.75, 3.05) is 23.9 Å². The summed E-state index contributed by atoms with van der Waals surface area (Å²) in [5.41, 5.74) is 30.4. The molecule has 0 N–H and O–H groups in total. The molecule has 0 saturated carbocycles. The maximum atomic E-state index is 2.58. The van der Waals surface area contributed by atoms with E-state index in [2.05, 4.69) is 364 Å². The van der Waals surface area contributed by atoms with Gasteiger partial charge in [0.15, 0.2) is 0 Å². The fraction of sp³-hybridized carbons (Fsp3) is 0.0549. The Morgan fingerprint density at radius 1 is 0.194 bits per heavy atom. The molecule has 2 heterocycles. The van der Waals surface area contributed by atoms with Crippen LogP contribution in [-0.4, -0.2) is 14.1 Å². The first-order valence-electron chi connectivity index (χ1n) is 32.6. The monoisotopic (exact) mass is 1180 g/mol. The average molecular weight is 1180 g/mol. The number of hydrogen-bond donors (Lipinski definition) is 0. The minimum Gasteiger partial charge on any atom is -0.344 e. The predicted octanol–water partition coefficient (Wildman–Crippen LogP) is 22.3. The summed E-state index contributed by atoms with van der Waals surface area (Å²) >= 11 is 0. The van der Waals surface area contributed by atoms with Gasteiger partial charge in [-0.25, -0.2) is 0 Å². The first kappa shape index (κ1) is 53.3. The summed E-state index contributed by atoms with van der Waals surface area (Å²) in [6.07, 6.45) is 0. The molecule has 0 unspecified atom stereocenters. The molecule has 93 heavy (non-hydrogen) atoms. The molecule has 15 aromatic rings. The molecule has 0 amide bonds. The van der Waals surface area contributed by atoms with Gasteiger partial charge in [0.2, 0.25) is 0 Å². The van der Waals surface area contributed by atoms with Gasteiger partial charge in [-0.05, 0) is 163 Å². The van der Waals surface area contributed by atoms with E-state index in [1.54, 1.807) is 0 Å². The molecule has 2 aliphatic carbocycles. The van der Waals surface area contributed by atoms with Crippen molar-refractivity contribution in [3.63, 3.8) is 0 Å². The van der Waals surface area contributed by atoms with Crippen LogP contribution < -0.4 is 9.80 Å². The molecule has 0 aromatic heterocycles. The Kier molecular flexibility index (Phi) is 11.6. The molecule has 0 saturated heterocycles. The van der Waals surface area contributed by atoms with Crippen LogP contribution in [0.2, 0.25) is 0 Å². The van der Waals surface area contributed by atoms with Crippen LogP contribution in [0.15, 0.2) is 340 Å². The number of hydrogen-bond acceptors (Lipinski definition) is 2. The second-order valence-electron chi connectivity index (χ2n) is 25.7. The van der Waals surface area contributed by atoms with E-state index in [4.69, 9.17) is 0 Å². The van der Waals surface area contributed by atoms with Crippen molar-refractivity contribution in [2.45, 2.75) is 16.2 Å². The second-order valence-corrected chi connectivity index (χ2v) is 25.7. The molecule has 436 valence electrons. The van der Waals surface area contributed by atoms with E-state index in [0.29, 0.717) is 0 Å². The largest absolute Gasteiger partial charge is 0.344 e. The van der Waals surface area contributed by atoms with E-state index < -0.39 is 16.2 Å². The molecule has 0 radical (unpaired) electrons. The summed E-state index contributed by atoms with van der Waals surface area (Å²) in [4.78, 5) is 4.86. The van der Waals surface area contributed by atoms with Crippen molar-refractivity contribution in [1.29, 1.82) is 0 Å². The highest BCUT2D eigenvalue weighted by Gasteiger charge is 2.53. The maximum absolute atomic E-state index is 2.58. The number of rotatable bonds is 7. The molecule has 2 nitrogen and oxygen atoms in total. The van der Waals surface area contributed by atoms with Crippen LogP contribution in [0.3, 0.4) is 0 Å². The van der Waals surface area contributed by atoms with Crippen LogP contribution in [0.5, 0.6) is 0 Å². The van der Waals surface area contributed by atoms with Gasteiger partial charge in [0.05, 0.1) is 16.2 Å². The Balaban J connectivity index is 0.977. The highest BCUT2D eigenvalue weighted by molar-refractivity contribution is 6.22. The van der Waals surface area contributed by atoms with Crippen LogP contribution >= 0.6 is 0 Å². The lowest BCUT2D eigenvalue weighted by Gasteiger charge is -2.46. The van der Waals surface area contributed by atoms with Crippen molar-refractivity contribution in [2.24, 2.45) is 0 Å². The molecular formula is C91H62N2. The lowest BCUT2D eigenvalue weighted by molar-refractivity contribution is 0.729. The Labute approximate surface area is 543 Å². The molecule has 0 fully saturated rings. The summed E-state index contributed by atoms with van der Waals surface area (Å²) < 4.78 is 0. The number of nitrogens with zero attached hydrogens (tertiary/aromatic N) is 2. The third-order valence-electron chi connectivity index (χ3n) is 21.6. The topological polar surface area (TPSA) is 6.48 Å². The van der Waals surface area contributed by atoms with E-state index in [1.165, 1.54) is 167 Å². The first-order chi connectivity index (χ1) is 46.0. The van der Waals surface area contributed by atoms with Crippen LogP contribution in [0.1, 0.15) is 66.8 Å². The van der Waals surface area contributed by atoms with Gasteiger partial charge in [-0.15, -0.1) is 0 Å². The van der Waals surface area contributed by atoms with Crippen molar-refractivity contribution >= 4 is 44.3 Å². The van der Waals surface area contributed by atoms with E-state index in [1.807, 2.05) is 0 Å². The molecular weight excluding hydrogens is 1120 g/mol. The summed E-state index contributed by atoms with van der Waals surface area (Å²) in [7, 11) is 4.51. The van der Waals surface area contributed by atoms with Gasteiger partial charge in [0.25, 0.3) is 0 Å². The van der Waals surface area contributed by atoms with E-state index in [0.717, 1.165) is 0 Å². The Morgan fingerprint density at radius 2 is 0.495 bits per heavy atom. The average Bonchev–Trinajstić information content (AvgIpc) is 1.64. The normalized spacial score (nSPS) is 14.6. The van der Waals surface area contributed by atoms with Crippen molar-refractivity contribution < 1.29 is 0 Å². The molecule has 2 aliphatic heterocycles. The van der Waals surface area contributed by atoms with Crippen LogP contribution in [-0.2, 0) is 16.2 Å². The van der Waals surface area contributed by atoms with Crippen molar-refractivity contribution in [3.8, 4) is 55.6 Å². The fourth-order valence-corrected chi connectivity index (χ4v) is 18.1. The Morgan fingerprint density at radius 3 is 0.935 bits per heavy atom. The van der Waals surface area contributed by atoms with Crippen molar-refractivity contribution in [3.05, 3.63) is 406 Å². The number of anilines is 4. The van der Waals surface area contributed by atoms with Gasteiger partial charge in [-0.1, -0.05) is 309 Å². The zero-order valence-corrected chi connectivity index (χ0v) is 51.7. The third-order valence-corrected chi connectivity index (χ3v) is 21.6. The lowest BCUT2D eigenvalue weighted by atomic mass is 9.60. The summed E-state index contributed by atoms with van der Waals surface area (Å²) in [6, 6.07) is 129. The molecule has 4 aliphatic rings. The Hall–Kier alpha value is -11.6. The van der Waals surface area contributed by atoms with Gasteiger partial charge in [0.1, 0.15) is 0 Å². The zero-order chi connectivity index (χ0) is 61.6. The van der Waals surface area contributed by atoms with E-state index >= 15 is 0 Å². The van der Waals surface area contributed by atoms with E-state index in [9.17, 15) is 0 Å². The summed E-state index contributed by atoms with van der Waals surface area (Å²) in [5.74, 6) is 0. The molecule has 19 rings (SSSR count). The van der Waals surface area contributed by atoms with Crippen molar-refractivity contribution in [1.82, 2.24) is 0 Å². The van der Waals surface area contributed by atoms with Crippen LogP contribution in [0.25, 0.3) is 77.2 Å². The second kappa shape index (κ2) is 20.2. The van der Waals surface area contributed by atoms with Gasteiger partial charge in [0, 0.05) is 48.0 Å². The predicted molar refractivity (Wildman–Crippen MR) is 387 cm³/mol. The standard InChI is InChI=1S/C91H62N2/c1-92-81-54-23-21-51-78(81)89(59-30-7-3-8-31-59,60-32-9-4-10-33-60)87-69(45-28-56-83(87)92)63-41-25-43-67-73(63)58-74-64(70-46-29-57-84-88(70)90(61-34-11-5-12-35-61,62-36-13-6-14-37-62)79-52-22-24-55-82(79)93(84)2)42-26-44-68(74)85(67)72-47-27-53-80-86(72)71-40-17-20-50-77(71)91(80)75-48-18-15-38-65(75)66-39-16-19-49-76(66)91/h3-58H,1-2H3. The number of fused-ring (bicyclic) bond motifs is 16. The first-order valence-corrected chi connectivity index (χ1v) is 32.6. The maximum Gasteiger partial charge on any atom is 0.0748 e.